The van der Waals surface area contributed by atoms with E-state index >= 15 is 0 Å². The molecule has 1 aromatic heterocycles. The van der Waals surface area contributed by atoms with Crippen LogP contribution in [0.2, 0.25) is 0 Å². The average molecular weight is 483 g/mol. The first kappa shape index (κ1) is 26.4. The van der Waals surface area contributed by atoms with Crippen LogP contribution in [-0.2, 0) is 6.42 Å². The Kier molecular flexibility index (Phi) is 7.85. The van der Waals surface area contributed by atoms with Crippen molar-refractivity contribution in [2.75, 3.05) is 0 Å². The standard InChI is InChI=1S/C31H46O4/c1-6-31(34,7-2)19-25-12-15-29(35-25)21(4)26-13-14-27-22(9-8-16-30(26,27)5)10-11-23-17-24(32)18-28(33)20(23)3/h10-12,15,21,24,26-28,32-34H,3,6-9,13-14,16-19H2,1-2,4-5H3/b22-10+,23-11-/t21-,24+,26+,27-,28-,30+/m0/s1. The first-order valence-electron chi connectivity index (χ1n) is 13.9. The number of hydrogen-bond acceptors (Lipinski definition) is 4. The fourth-order valence-electron chi connectivity index (χ4n) is 7.32. The van der Waals surface area contributed by atoms with Crippen LogP contribution in [0.1, 0.15) is 103 Å². The van der Waals surface area contributed by atoms with Crippen LogP contribution in [0.3, 0.4) is 0 Å². The van der Waals surface area contributed by atoms with Gasteiger partial charge in [0.25, 0.3) is 0 Å². The van der Waals surface area contributed by atoms with Crippen LogP contribution < -0.4 is 0 Å². The number of furan rings is 1. The molecule has 0 aliphatic heterocycles. The van der Waals surface area contributed by atoms with E-state index in [1.54, 1.807) is 0 Å². The minimum Gasteiger partial charge on any atom is -0.466 e. The lowest BCUT2D eigenvalue weighted by Crippen LogP contribution is -2.35. The molecule has 4 heteroatoms. The maximum Gasteiger partial charge on any atom is 0.107 e. The number of aliphatic hydroxyl groups excluding tert-OH is 2. The van der Waals surface area contributed by atoms with E-state index in [0.29, 0.717) is 37.0 Å². The Morgan fingerprint density at radius 2 is 1.94 bits per heavy atom. The molecule has 0 radical (unpaired) electrons. The summed E-state index contributed by atoms with van der Waals surface area (Å²) in [5.41, 5.74) is 2.82. The van der Waals surface area contributed by atoms with E-state index in [-0.39, 0.29) is 5.41 Å². The molecule has 4 rings (SSSR count). The third-order valence-corrected chi connectivity index (χ3v) is 9.86. The highest BCUT2D eigenvalue weighted by molar-refractivity contribution is 5.38. The van der Waals surface area contributed by atoms with Gasteiger partial charge in [0, 0.05) is 18.8 Å². The van der Waals surface area contributed by atoms with Gasteiger partial charge in [0.15, 0.2) is 0 Å². The summed E-state index contributed by atoms with van der Waals surface area (Å²) in [6, 6.07) is 4.20. The summed E-state index contributed by atoms with van der Waals surface area (Å²) >= 11 is 0. The first-order valence-corrected chi connectivity index (χ1v) is 13.9. The monoisotopic (exact) mass is 482 g/mol. The van der Waals surface area contributed by atoms with Gasteiger partial charge >= 0.3 is 0 Å². The largest absolute Gasteiger partial charge is 0.466 e. The molecular formula is C31H46O4. The van der Waals surface area contributed by atoms with Crippen LogP contribution >= 0.6 is 0 Å². The quantitative estimate of drug-likeness (QED) is 0.408. The molecule has 0 saturated heterocycles. The molecule has 0 spiro atoms. The van der Waals surface area contributed by atoms with Crippen molar-refractivity contribution in [1.29, 1.82) is 0 Å². The summed E-state index contributed by atoms with van der Waals surface area (Å²) < 4.78 is 6.33. The molecule has 3 N–H and O–H groups in total. The van der Waals surface area contributed by atoms with Crippen LogP contribution in [0.4, 0.5) is 0 Å². The summed E-state index contributed by atoms with van der Waals surface area (Å²) in [5.74, 6) is 3.42. The molecule has 4 nitrogen and oxygen atoms in total. The van der Waals surface area contributed by atoms with Crippen molar-refractivity contribution in [3.63, 3.8) is 0 Å². The zero-order valence-electron chi connectivity index (χ0n) is 22.2. The van der Waals surface area contributed by atoms with Crippen molar-refractivity contribution < 1.29 is 19.7 Å². The lowest BCUT2D eigenvalue weighted by molar-refractivity contribution is 0.0272. The van der Waals surface area contributed by atoms with E-state index < -0.39 is 17.8 Å². The molecule has 1 heterocycles. The van der Waals surface area contributed by atoms with Crippen LogP contribution in [0, 0.1) is 17.3 Å². The number of fused-ring (bicyclic) bond motifs is 1. The molecule has 3 aliphatic rings. The van der Waals surface area contributed by atoms with Gasteiger partial charge < -0.3 is 19.7 Å². The van der Waals surface area contributed by atoms with Crippen molar-refractivity contribution in [3.05, 3.63) is 59.1 Å². The molecule has 3 fully saturated rings. The van der Waals surface area contributed by atoms with Crippen LogP contribution in [-0.4, -0.2) is 33.1 Å². The van der Waals surface area contributed by atoms with E-state index in [9.17, 15) is 15.3 Å². The summed E-state index contributed by atoms with van der Waals surface area (Å²) in [4.78, 5) is 0. The number of allylic oxidation sites excluding steroid dienone is 3. The summed E-state index contributed by atoms with van der Waals surface area (Å²) in [6.45, 7) is 12.9. The van der Waals surface area contributed by atoms with Gasteiger partial charge in [-0.15, -0.1) is 0 Å². The third-order valence-electron chi connectivity index (χ3n) is 9.86. The molecule has 0 bridgehead atoms. The smallest absolute Gasteiger partial charge is 0.107 e. The maximum absolute atomic E-state index is 10.8. The summed E-state index contributed by atoms with van der Waals surface area (Å²) in [6.07, 6.45) is 12.2. The summed E-state index contributed by atoms with van der Waals surface area (Å²) in [7, 11) is 0. The predicted octanol–water partition coefficient (Wildman–Crippen LogP) is 6.62. The molecule has 194 valence electrons. The fraction of sp³-hybridized carbons (Fsp3) is 0.677. The molecule has 1 aromatic rings. The average Bonchev–Trinajstić information content (AvgIpc) is 3.44. The van der Waals surface area contributed by atoms with Crippen molar-refractivity contribution in [2.45, 2.75) is 116 Å². The van der Waals surface area contributed by atoms with Crippen molar-refractivity contribution in [2.24, 2.45) is 17.3 Å². The second-order valence-corrected chi connectivity index (χ2v) is 11.9. The van der Waals surface area contributed by atoms with Gasteiger partial charge in [-0.05, 0) is 91.9 Å². The Hall–Kier alpha value is -1.62. The Morgan fingerprint density at radius 3 is 2.66 bits per heavy atom. The van der Waals surface area contributed by atoms with Crippen LogP contribution in [0.15, 0.2) is 52.0 Å². The molecular weight excluding hydrogens is 436 g/mol. The molecule has 6 atom stereocenters. The fourth-order valence-corrected chi connectivity index (χ4v) is 7.32. The highest BCUT2D eigenvalue weighted by Crippen LogP contribution is 2.61. The van der Waals surface area contributed by atoms with Crippen LogP contribution in [0.5, 0.6) is 0 Å². The molecule has 0 aromatic carbocycles. The Bertz CT molecular complexity index is 964. The molecule has 35 heavy (non-hydrogen) atoms. The topological polar surface area (TPSA) is 73.8 Å². The van der Waals surface area contributed by atoms with Gasteiger partial charge in [-0.3, -0.25) is 0 Å². The number of rotatable bonds is 7. The summed E-state index contributed by atoms with van der Waals surface area (Å²) in [5, 5.41) is 31.1. The SMILES string of the molecule is C=C1/C(=C\C=C2/CCC[C@]3(C)[C@@H]([C@H](C)c4ccc(CC(O)(CC)CC)o4)CC[C@@H]23)C[C@@H](O)C[C@@H]1O. The van der Waals surface area contributed by atoms with E-state index in [1.165, 1.54) is 31.3 Å². The number of aliphatic hydroxyl groups is 3. The minimum absolute atomic E-state index is 0.241. The van der Waals surface area contributed by atoms with E-state index in [2.05, 4.69) is 44.7 Å². The van der Waals surface area contributed by atoms with Crippen LogP contribution in [0.25, 0.3) is 0 Å². The highest BCUT2D eigenvalue weighted by Gasteiger charge is 2.51. The van der Waals surface area contributed by atoms with Crippen molar-refractivity contribution in [3.8, 4) is 0 Å². The van der Waals surface area contributed by atoms with Gasteiger partial charge in [-0.25, -0.2) is 0 Å². The lowest BCUT2D eigenvalue weighted by Gasteiger charge is -2.44. The highest BCUT2D eigenvalue weighted by atomic mass is 16.3. The zero-order valence-corrected chi connectivity index (χ0v) is 22.2. The second kappa shape index (κ2) is 10.4. The molecule has 3 saturated carbocycles. The first-order chi connectivity index (χ1) is 16.6. The maximum atomic E-state index is 10.8. The molecule has 0 amide bonds. The van der Waals surface area contributed by atoms with E-state index in [0.717, 1.165) is 41.9 Å². The molecule has 0 unspecified atom stereocenters. The van der Waals surface area contributed by atoms with Gasteiger partial charge in [-0.1, -0.05) is 52.0 Å². The van der Waals surface area contributed by atoms with E-state index in [4.69, 9.17) is 4.42 Å². The Labute approximate surface area is 211 Å². The Morgan fingerprint density at radius 1 is 1.20 bits per heavy atom. The van der Waals surface area contributed by atoms with Crippen molar-refractivity contribution >= 4 is 0 Å². The number of hydrogen-bond donors (Lipinski definition) is 3. The normalized spacial score (nSPS) is 35.0. The zero-order chi connectivity index (χ0) is 25.4. The van der Waals surface area contributed by atoms with Crippen molar-refractivity contribution in [1.82, 2.24) is 0 Å². The third kappa shape index (κ3) is 5.26. The Balaban J connectivity index is 1.51. The minimum atomic E-state index is -0.684. The van der Waals surface area contributed by atoms with Gasteiger partial charge in [-0.2, -0.15) is 0 Å². The van der Waals surface area contributed by atoms with E-state index in [1.807, 2.05) is 13.8 Å². The van der Waals surface area contributed by atoms with Gasteiger partial charge in [0.2, 0.25) is 0 Å². The lowest BCUT2D eigenvalue weighted by atomic mass is 9.61. The van der Waals surface area contributed by atoms with Gasteiger partial charge in [0.1, 0.15) is 11.5 Å². The predicted molar refractivity (Wildman–Crippen MR) is 141 cm³/mol. The molecule has 3 aliphatic carbocycles. The van der Waals surface area contributed by atoms with Gasteiger partial charge in [0.05, 0.1) is 17.8 Å². The second-order valence-electron chi connectivity index (χ2n) is 11.9.